The Balaban J connectivity index is 1.95. The monoisotopic (exact) mass is 277 g/mol. The molecule has 6 nitrogen and oxygen atoms in total. The van der Waals surface area contributed by atoms with Crippen molar-refractivity contribution in [3.8, 4) is 0 Å². The van der Waals surface area contributed by atoms with Crippen molar-refractivity contribution in [2.24, 2.45) is 11.7 Å². The van der Waals surface area contributed by atoms with Crippen LogP contribution in [0.5, 0.6) is 0 Å². The Hall–Kier alpha value is -1.95. The molecular formula is C14H19N3O3. The van der Waals surface area contributed by atoms with Gasteiger partial charge in [0.15, 0.2) is 0 Å². The molecule has 4 N–H and O–H groups in total. The van der Waals surface area contributed by atoms with Crippen LogP contribution < -0.4 is 11.1 Å². The summed E-state index contributed by atoms with van der Waals surface area (Å²) in [5.74, 6) is -1.16. The van der Waals surface area contributed by atoms with Gasteiger partial charge in [0.1, 0.15) is 0 Å². The Kier molecular flexibility index (Phi) is 4.68. The maximum Gasteiger partial charge on any atom is 0.309 e. The maximum atomic E-state index is 12.1. The van der Waals surface area contributed by atoms with E-state index < -0.39 is 5.97 Å². The molecule has 0 bridgehead atoms. The van der Waals surface area contributed by atoms with Crippen molar-refractivity contribution in [1.82, 2.24) is 4.98 Å². The number of carbonyl (C=O) groups excluding carboxylic acids is 1. The van der Waals surface area contributed by atoms with E-state index >= 15 is 0 Å². The highest BCUT2D eigenvalue weighted by atomic mass is 16.4. The number of aromatic nitrogens is 1. The normalized spacial score (nSPS) is 22.2. The lowest BCUT2D eigenvalue weighted by Gasteiger charge is -2.27. The smallest absolute Gasteiger partial charge is 0.309 e. The van der Waals surface area contributed by atoms with Gasteiger partial charge in [-0.25, -0.2) is 0 Å². The van der Waals surface area contributed by atoms with Gasteiger partial charge in [0, 0.05) is 6.04 Å². The summed E-state index contributed by atoms with van der Waals surface area (Å²) in [7, 11) is 0. The largest absolute Gasteiger partial charge is 0.481 e. The van der Waals surface area contributed by atoms with Crippen LogP contribution in [-0.2, 0) is 16.0 Å². The van der Waals surface area contributed by atoms with Crippen LogP contribution in [0, 0.1) is 5.92 Å². The highest BCUT2D eigenvalue weighted by Crippen LogP contribution is 2.24. The van der Waals surface area contributed by atoms with E-state index in [4.69, 9.17) is 10.8 Å². The first-order valence-electron chi connectivity index (χ1n) is 6.79. The first kappa shape index (κ1) is 14.5. The molecule has 2 unspecified atom stereocenters. The Morgan fingerprint density at radius 2 is 2.10 bits per heavy atom. The van der Waals surface area contributed by atoms with Crippen LogP contribution in [0.4, 0.5) is 5.69 Å². The average molecular weight is 277 g/mol. The lowest BCUT2D eigenvalue weighted by Crippen LogP contribution is -2.40. The number of anilines is 1. The number of pyridine rings is 1. The van der Waals surface area contributed by atoms with Gasteiger partial charge in [0.05, 0.1) is 29.9 Å². The minimum absolute atomic E-state index is 0.0787. The predicted molar refractivity (Wildman–Crippen MR) is 74.1 cm³/mol. The number of hydrogen-bond acceptors (Lipinski definition) is 4. The molecule has 0 spiro atoms. The fourth-order valence-electron chi connectivity index (χ4n) is 2.48. The van der Waals surface area contributed by atoms with Crippen LogP contribution in [0.15, 0.2) is 18.3 Å². The van der Waals surface area contributed by atoms with Gasteiger partial charge in [0.25, 0.3) is 0 Å². The first-order valence-corrected chi connectivity index (χ1v) is 6.79. The molecule has 1 aliphatic rings. The number of aliphatic carboxylic acids is 1. The number of amides is 1. The molecule has 0 aliphatic heterocycles. The van der Waals surface area contributed by atoms with Gasteiger partial charge in [-0.15, -0.1) is 0 Å². The fraction of sp³-hybridized carbons (Fsp3) is 0.500. The first-order chi connectivity index (χ1) is 9.56. The highest BCUT2D eigenvalue weighted by Gasteiger charge is 2.28. The zero-order valence-corrected chi connectivity index (χ0v) is 11.2. The highest BCUT2D eigenvalue weighted by molar-refractivity contribution is 5.92. The Morgan fingerprint density at radius 1 is 1.35 bits per heavy atom. The van der Waals surface area contributed by atoms with Crippen LogP contribution in [0.1, 0.15) is 31.4 Å². The minimum Gasteiger partial charge on any atom is -0.481 e. The topological polar surface area (TPSA) is 105 Å². The van der Waals surface area contributed by atoms with E-state index in [0.717, 1.165) is 25.7 Å². The third-order valence-electron chi connectivity index (χ3n) is 3.58. The van der Waals surface area contributed by atoms with E-state index in [1.54, 1.807) is 12.1 Å². The Bertz CT molecular complexity index is 487. The van der Waals surface area contributed by atoms with Crippen molar-refractivity contribution in [3.63, 3.8) is 0 Å². The molecule has 1 saturated carbocycles. The van der Waals surface area contributed by atoms with E-state index in [0.29, 0.717) is 11.4 Å². The van der Waals surface area contributed by atoms with Gasteiger partial charge < -0.3 is 16.2 Å². The molecule has 1 aromatic rings. The van der Waals surface area contributed by atoms with Crippen molar-refractivity contribution in [2.75, 3.05) is 5.32 Å². The van der Waals surface area contributed by atoms with E-state index in [1.807, 2.05) is 0 Å². The van der Waals surface area contributed by atoms with Crippen LogP contribution in [0.25, 0.3) is 0 Å². The van der Waals surface area contributed by atoms with Gasteiger partial charge >= 0.3 is 5.97 Å². The zero-order valence-electron chi connectivity index (χ0n) is 11.2. The predicted octanol–water partition coefficient (Wildman–Crippen LogP) is 1.16. The van der Waals surface area contributed by atoms with Crippen LogP contribution in [-0.4, -0.2) is 28.0 Å². The number of carbonyl (C=O) groups is 2. The summed E-state index contributed by atoms with van der Waals surface area (Å²) < 4.78 is 0. The summed E-state index contributed by atoms with van der Waals surface area (Å²) in [5, 5.41) is 11.5. The summed E-state index contributed by atoms with van der Waals surface area (Å²) in [4.78, 5) is 26.7. The summed E-state index contributed by atoms with van der Waals surface area (Å²) in [6.45, 7) is 0. The van der Waals surface area contributed by atoms with E-state index in [-0.39, 0.29) is 24.3 Å². The molecule has 108 valence electrons. The van der Waals surface area contributed by atoms with Gasteiger partial charge in [0.2, 0.25) is 5.91 Å². The van der Waals surface area contributed by atoms with Crippen molar-refractivity contribution in [1.29, 1.82) is 0 Å². The quantitative estimate of drug-likeness (QED) is 0.766. The molecule has 0 radical (unpaired) electrons. The van der Waals surface area contributed by atoms with Gasteiger partial charge in [-0.1, -0.05) is 12.8 Å². The number of hydrogen-bond donors (Lipinski definition) is 3. The number of carboxylic acids is 1. The van der Waals surface area contributed by atoms with Crippen LogP contribution in [0.2, 0.25) is 0 Å². The second-order valence-corrected chi connectivity index (χ2v) is 5.15. The van der Waals surface area contributed by atoms with E-state index in [2.05, 4.69) is 10.3 Å². The average Bonchev–Trinajstić information content (AvgIpc) is 2.41. The maximum absolute atomic E-state index is 12.1. The number of nitrogens with one attached hydrogen (secondary N) is 1. The third kappa shape index (κ3) is 3.77. The molecule has 1 aromatic heterocycles. The molecule has 0 aromatic carbocycles. The van der Waals surface area contributed by atoms with E-state index in [1.165, 1.54) is 6.20 Å². The molecule has 6 heteroatoms. The van der Waals surface area contributed by atoms with Crippen molar-refractivity contribution < 1.29 is 14.7 Å². The van der Waals surface area contributed by atoms with E-state index in [9.17, 15) is 9.59 Å². The van der Waals surface area contributed by atoms with Crippen molar-refractivity contribution >= 4 is 17.6 Å². The molecule has 1 amide bonds. The number of nitrogens with zero attached hydrogens (tertiary/aromatic N) is 1. The Morgan fingerprint density at radius 3 is 2.70 bits per heavy atom. The molecule has 2 atom stereocenters. The molecule has 0 saturated heterocycles. The Labute approximate surface area is 117 Å². The van der Waals surface area contributed by atoms with Gasteiger partial charge in [-0.05, 0) is 25.0 Å². The fourth-order valence-corrected chi connectivity index (χ4v) is 2.48. The summed E-state index contributed by atoms with van der Waals surface area (Å²) in [6, 6.07) is 3.19. The summed E-state index contributed by atoms with van der Waals surface area (Å²) in [5.41, 5.74) is 7.00. The van der Waals surface area contributed by atoms with Crippen molar-refractivity contribution in [2.45, 2.75) is 38.1 Å². The minimum atomic E-state index is -0.928. The second-order valence-electron chi connectivity index (χ2n) is 5.15. The number of nitrogens with two attached hydrogens (primary N) is 1. The lowest BCUT2D eigenvalue weighted by atomic mass is 9.84. The molecule has 1 fully saturated rings. The number of rotatable bonds is 4. The van der Waals surface area contributed by atoms with Crippen molar-refractivity contribution in [3.05, 3.63) is 24.0 Å². The van der Waals surface area contributed by atoms with Crippen LogP contribution >= 0.6 is 0 Å². The number of carboxylic acid groups (broad SMARTS) is 1. The molecule has 2 rings (SSSR count). The van der Waals surface area contributed by atoms with Crippen LogP contribution in [0.3, 0.4) is 0 Å². The zero-order chi connectivity index (χ0) is 14.5. The lowest BCUT2D eigenvalue weighted by molar-refractivity contribution is -0.136. The second kappa shape index (κ2) is 6.47. The molecule has 1 aliphatic carbocycles. The van der Waals surface area contributed by atoms with Gasteiger partial charge in [-0.2, -0.15) is 0 Å². The summed E-state index contributed by atoms with van der Waals surface area (Å²) >= 11 is 0. The SMILES string of the molecule is NC1CCCCC1C(=O)Nc1ccc(CC(=O)O)nc1. The molecular weight excluding hydrogens is 258 g/mol. The standard InChI is InChI=1S/C14H19N3O3/c15-12-4-2-1-3-11(12)14(20)17-10-6-5-9(16-8-10)7-13(18)19/h5-6,8,11-12H,1-4,7,15H2,(H,17,20)(H,18,19). The molecule has 1 heterocycles. The summed E-state index contributed by atoms with van der Waals surface area (Å²) in [6.07, 6.45) is 5.16. The van der Waals surface area contributed by atoms with Gasteiger partial charge in [-0.3, -0.25) is 14.6 Å². The third-order valence-corrected chi connectivity index (χ3v) is 3.58. The molecule has 20 heavy (non-hydrogen) atoms.